The molecule has 2 aromatic rings. The average molecular weight is 319 g/mol. The van der Waals surface area contributed by atoms with E-state index in [4.69, 9.17) is 4.74 Å². The second-order valence-electron chi connectivity index (χ2n) is 4.77. The van der Waals surface area contributed by atoms with Crippen LogP contribution in [0.25, 0.3) is 0 Å². The molecular formula is C16H15O5S. The topological polar surface area (TPSA) is 80.7 Å². The number of rotatable bonds is 5. The van der Waals surface area contributed by atoms with Crippen molar-refractivity contribution in [2.75, 3.05) is 0 Å². The monoisotopic (exact) mass is 319 g/mol. The Bertz CT molecular complexity index is 768. The van der Waals surface area contributed by atoms with Crippen LogP contribution in [0.2, 0.25) is 0 Å². The van der Waals surface area contributed by atoms with Crippen LogP contribution >= 0.6 is 0 Å². The molecule has 0 aliphatic heterocycles. The summed E-state index contributed by atoms with van der Waals surface area (Å²) in [6.07, 6.45) is 0. The molecule has 0 aliphatic carbocycles. The summed E-state index contributed by atoms with van der Waals surface area (Å²) in [6, 6.07) is 10.4. The molecule has 115 valence electrons. The van der Waals surface area contributed by atoms with Crippen molar-refractivity contribution < 1.29 is 23.1 Å². The fourth-order valence-electron chi connectivity index (χ4n) is 1.94. The van der Waals surface area contributed by atoms with Gasteiger partial charge in [-0.25, -0.2) is 8.42 Å². The average Bonchev–Trinajstić information content (AvgIpc) is 2.48. The first-order chi connectivity index (χ1) is 10.4. The zero-order valence-corrected chi connectivity index (χ0v) is 13.0. The summed E-state index contributed by atoms with van der Waals surface area (Å²) in [7, 11) is -2.64. The van der Waals surface area contributed by atoms with E-state index in [0.717, 1.165) is 5.56 Å². The lowest BCUT2D eigenvalue weighted by Gasteiger charge is -2.12. The highest BCUT2D eigenvalue weighted by Crippen LogP contribution is 2.31. The van der Waals surface area contributed by atoms with Crippen LogP contribution in [0, 0.1) is 13.0 Å². The Labute approximate surface area is 130 Å². The molecule has 0 amide bonds. The molecule has 0 aliphatic rings. The number of carbonyl (C=O) groups is 1. The van der Waals surface area contributed by atoms with Gasteiger partial charge in [-0.05, 0) is 43.7 Å². The third kappa shape index (κ3) is 3.46. The molecule has 0 spiro atoms. The van der Waals surface area contributed by atoms with Gasteiger partial charge in [-0.3, -0.25) is 4.79 Å². The van der Waals surface area contributed by atoms with Crippen LogP contribution in [0.1, 0.15) is 28.4 Å². The summed E-state index contributed by atoms with van der Waals surface area (Å²) in [5.74, 6) is 0.154. The van der Waals surface area contributed by atoms with Crippen LogP contribution in [0.5, 0.6) is 11.5 Å². The SMILES string of the molecule is CC(=O)c1ccc(OCc2c[c]c([SH](=O)=O)cc2)c(C)c1O. The predicted molar refractivity (Wildman–Crippen MR) is 81.0 cm³/mol. The lowest BCUT2D eigenvalue weighted by molar-refractivity contribution is 0.101. The fraction of sp³-hybridized carbons (Fsp3) is 0.188. The highest BCUT2D eigenvalue weighted by atomic mass is 32.2. The molecule has 5 nitrogen and oxygen atoms in total. The molecule has 0 atom stereocenters. The standard InChI is InChI=1S/C16H15O5S/c1-10-15(8-7-14(11(2)17)16(10)18)21-9-12-3-5-13(6-4-12)22(19)20/h3-5,7-8,18,22H,9H2,1-2H3. The number of Topliss-reactive ketones (excluding diaryl/α,β-unsaturated/α-hetero) is 1. The molecule has 0 aromatic heterocycles. The van der Waals surface area contributed by atoms with E-state index in [1.165, 1.54) is 19.1 Å². The summed E-state index contributed by atoms with van der Waals surface area (Å²) < 4.78 is 27.2. The summed E-state index contributed by atoms with van der Waals surface area (Å²) in [5.41, 5.74) is 1.48. The van der Waals surface area contributed by atoms with Crippen molar-refractivity contribution in [3.63, 3.8) is 0 Å². The molecular weight excluding hydrogens is 304 g/mol. The van der Waals surface area contributed by atoms with E-state index in [1.54, 1.807) is 25.1 Å². The van der Waals surface area contributed by atoms with Crippen molar-refractivity contribution in [2.45, 2.75) is 25.3 Å². The molecule has 1 N–H and O–H groups in total. The zero-order valence-electron chi connectivity index (χ0n) is 12.1. The van der Waals surface area contributed by atoms with Crippen molar-refractivity contribution in [1.29, 1.82) is 0 Å². The molecule has 0 saturated heterocycles. The number of phenols is 1. The Morgan fingerprint density at radius 2 is 2.00 bits per heavy atom. The molecule has 0 saturated carbocycles. The molecule has 0 fully saturated rings. The van der Waals surface area contributed by atoms with Crippen LogP contribution in [-0.2, 0) is 17.3 Å². The second kappa shape index (κ2) is 6.62. The number of carbonyl (C=O) groups excluding carboxylic acids is 1. The summed E-state index contributed by atoms with van der Waals surface area (Å²) in [5, 5.41) is 9.97. The van der Waals surface area contributed by atoms with Gasteiger partial charge in [-0.1, -0.05) is 6.07 Å². The van der Waals surface area contributed by atoms with E-state index in [0.29, 0.717) is 11.3 Å². The van der Waals surface area contributed by atoms with Crippen LogP contribution < -0.4 is 4.74 Å². The van der Waals surface area contributed by atoms with E-state index in [1.807, 2.05) is 0 Å². The predicted octanol–water partition coefficient (Wildman–Crippen LogP) is 2.25. The Balaban J connectivity index is 2.15. The van der Waals surface area contributed by atoms with Crippen molar-refractivity contribution in [3.05, 3.63) is 53.1 Å². The van der Waals surface area contributed by atoms with Crippen LogP contribution in [0.3, 0.4) is 0 Å². The van der Waals surface area contributed by atoms with E-state index in [-0.39, 0.29) is 28.6 Å². The summed E-state index contributed by atoms with van der Waals surface area (Å²) in [6.45, 7) is 3.24. The Morgan fingerprint density at radius 3 is 2.55 bits per heavy atom. The van der Waals surface area contributed by atoms with Gasteiger partial charge in [-0.15, -0.1) is 0 Å². The molecule has 1 radical (unpaired) electrons. The number of phenolic OH excluding ortho intramolecular Hbond substituents is 1. The minimum atomic E-state index is -2.64. The third-order valence-corrected chi connectivity index (χ3v) is 3.88. The minimum Gasteiger partial charge on any atom is -0.507 e. The summed E-state index contributed by atoms with van der Waals surface area (Å²) >= 11 is 0. The second-order valence-corrected chi connectivity index (χ2v) is 5.77. The van der Waals surface area contributed by atoms with Crippen molar-refractivity contribution in [2.24, 2.45) is 0 Å². The summed E-state index contributed by atoms with van der Waals surface area (Å²) in [4.78, 5) is 11.5. The van der Waals surface area contributed by atoms with Gasteiger partial charge in [0.2, 0.25) is 0 Å². The number of hydrogen-bond donors (Lipinski definition) is 2. The first-order valence-corrected chi connectivity index (χ1v) is 7.69. The van der Waals surface area contributed by atoms with E-state index >= 15 is 0 Å². The molecule has 6 heteroatoms. The first-order valence-electron chi connectivity index (χ1n) is 6.51. The van der Waals surface area contributed by atoms with Gasteiger partial charge in [0.05, 0.1) is 10.5 Å². The van der Waals surface area contributed by atoms with Crippen LogP contribution in [-0.4, -0.2) is 19.3 Å². The number of hydrogen-bond acceptors (Lipinski definition) is 5. The highest BCUT2D eigenvalue weighted by Gasteiger charge is 2.13. The maximum atomic E-state index is 11.3. The third-order valence-electron chi connectivity index (χ3n) is 3.21. The zero-order chi connectivity index (χ0) is 16.3. The van der Waals surface area contributed by atoms with E-state index in [2.05, 4.69) is 6.07 Å². The number of benzene rings is 2. The maximum absolute atomic E-state index is 11.3. The van der Waals surface area contributed by atoms with Crippen LogP contribution in [0.15, 0.2) is 35.2 Å². The molecule has 2 rings (SSSR count). The van der Waals surface area contributed by atoms with E-state index < -0.39 is 10.7 Å². The van der Waals surface area contributed by atoms with Crippen molar-refractivity contribution >= 4 is 16.5 Å². The minimum absolute atomic E-state index is 0.0877. The van der Waals surface area contributed by atoms with E-state index in [9.17, 15) is 18.3 Å². The van der Waals surface area contributed by atoms with Gasteiger partial charge in [0.15, 0.2) is 16.5 Å². The number of ether oxygens (including phenoxy) is 1. The number of thiol groups is 1. The van der Waals surface area contributed by atoms with Crippen molar-refractivity contribution in [3.8, 4) is 11.5 Å². The van der Waals surface area contributed by atoms with Gasteiger partial charge in [0.25, 0.3) is 0 Å². The Morgan fingerprint density at radius 1 is 1.27 bits per heavy atom. The normalized spacial score (nSPS) is 10.7. The van der Waals surface area contributed by atoms with Gasteiger partial charge in [0, 0.05) is 11.6 Å². The largest absolute Gasteiger partial charge is 0.507 e. The molecule has 0 heterocycles. The fourth-order valence-corrected chi connectivity index (χ4v) is 2.30. The van der Waals surface area contributed by atoms with Gasteiger partial charge >= 0.3 is 0 Å². The molecule has 2 aromatic carbocycles. The highest BCUT2D eigenvalue weighted by molar-refractivity contribution is 7.72. The van der Waals surface area contributed by atoms with Crippen molar-refractivity contribution in [1.82, 2.24) is 0 Å². The number of aromatic hydroxyl groups is 1. The van der Waals surface area contributed by atoms with Gasteiger partial charge in [-0.2, -0.15) is 0 Å². The van der Waals surface area contributed by atoms with Gasteiger partial charge < -0.3 is 9.84 Å². The lowest BCUT2D eigenvalue weighted by atomic mass is 10.1. The first kappa shape index (κ1) is 16.0. The van der Waals surface area contributed by atoms with Crippen LogP contribution in [0.4, 0.5) is 0 Å². The Kier molecular flexibility index (Phi) is 4.82. The quantitative estimate of drug-likeness (QED) is 0.652. The maximum Gasteiger partial charge on any atom is 0.168 e. The molecule has 22 heavy (non-hydrogen) atoms. The molecule has 0 bridgehead atoms. The number of ketones is 1. The molecule has 0 unspecified atom stereocenters. The lowest BCUT2D eigenvalue weighted by Crippen LogP contribution is -2.00. The smallest absolute Gasteiger partial charge is 0.168 e. The van der Waals surface area contributed by atoms with Gasteiger partial charge in [0.1, 0.15) is 18.1 Å². The Hall–Kier alpha value is -2.34.